The first-order chi connectivity index (χ1) is 17.4. The van der Waals surface area contributed by atoms with Crippen LogP contribution in [0.25, 0.3) is 10.9 Å². The summed E-state index contributed by atoms with van der Waals surface area (Å²) in [6.07, 6.45) is 3.76. The third kappa shape index (κ3) is 5.85. The predicted octanol–water partition coefficient (Wildman–Crippen LogP) is 6.18. The van der Waals surface area contributed by atoms with E-state index in [9.17, 15) is 14.9 Å². The molecule has 0 N–H and O–H groups in total. The Morgan fingerprint density at radius 2 is 1.92 bits per heavy atom. The van der Waals surface area contributed by atoms with E-state index in [1.165, 1.54) is 23.0 Å². The molecule has 0 spiro atoms. The van der Waals surface area contributed by atoms with E-state index in [2.05, 4.69) is 32.9 Å². The zero-order valence-electron chi connectivity index (χ0n) is 20.0. The Hall–Kier alpha value is -3.85. The van der Waals surface area contributed by atoms with Crippen molar-refractivity contribution >= 4 is 38.7 Å². The maximum atomic E-state index is 13.3. The van der Waals surface area contributed by atoms with Gasteiger partial charge in [-0.15, -0.1) is 0 Å². The second-order valence-electron chi connectivity index (χ2n) is 8.41. The third-order valence-electron chi connectivity index (χ3n) is 5.66. The van der Waals surface area contributed by atoms with Gasteiger partial charge in [0, 0.05) is 28.6 Å². The molecule has 1 aromatic heterocycles. The highest BCUT2D eigenvalue weighted by Gasteiger charge is 2.14. The van der Waals surface area contributed by atoms with Gasteiger partial charge in [0.25, 0.3) is 11.2 Å². The third-order valence-corrected chi connectivity index (χ3v) is 6.15. The number of non-ortho nitro benzene ring substituents is 1. The van der Waals surface area contributed by atoms with E-state index in [0.717, 1.165) is 28.4 Å². The largest absolute Gasteiger partial charge is 0.488 e. The van der Waals surface area contributed by atoms with Crippen molar-refractivity contribution in [1.82, 2.24) is 9.66 Å². The molecule has 0 saturated carbocycles. The number of nitro benzene ring substituents is 1. The molecule has 4 aromatic rings. The van der Waals surface area contributed by atoms with Crippen LogP contribution >= 0.6 is 15.9 Å². The fourth-order valence-corrected chi connectivity index (χ4v) is 4.02. The smallest absolute Gasteiger partial charge is 0.282 e. The number of rotatable bonds is 9. The van der Waals surface area contributed by atoms with Crippen molar-refractivity contribution in [3.8, 4) is 5.75 Å². The van der Waals surface area contributed by atoms with Crippen LogP contribution in [0, 0.1) is 17.0 Å². The maximum absolute atomic E-state index is 13.3. The first kappa shape index (κ1) is 25.2. The zero-order chi connectivity index (χ0) is 25.7. The monoisotopic (exact) mass is 548 g/mol. The Morgan fingerprint density at radius 3 is 2.64 bits per heavy atom. The summed E-state index contributed by atoms with van der Waals surface area (Å²) >= 11 is 3.40. The van der Waals surface area contributed by atoms with Crippen molar-refractivity contribution in [2.75, 3.05) is 0 Å². The van der Waals surface area contributed by atoms with Crippen molar-refractivity contribution in [2.45, 2.75) is 39.7 Å². The molecule has 184 valence electrons. The van der Waals surface area contributed by atoms with Crippen LogP contribution in [0.4, 0.5) is 5.69 Å². The first-order valence-electron chi connectivity index (χ1n) is 11.6. The molecule has 36 heavy (non-hydrogen) atoms. The summed E-state index contributed by atoms with van der Waals surface area (Å²) in [6, 6.07) is 17.6. The molecule has 0 amide bonds. The molecular weight excluding hydrogens is 524 g/mol. The molecule has 8 nitrogen and oxygen atoms in total. The number of benzene rings is 3. The molecule has 0 bridgehead atoms. The summed E-state index contributed by atoms with van der Waals surface area (Å²) < 4.78 is 8.01. The van der Waals surface area contributed by atoms with Gasteiger partial charge in [-0.25, -0.2) is 4.98 Å². The second kappa shape index (κ2) is 11.3. The van der Waals surface area contributed by atoms with E-state index >= 15 is 0 Å². The van der Waals surface area contributed by atoms with Gasteiger partial charge < -0.3 is 4.74 Å². The highest BCUT2D eigenvalue weighted by molar-refractivity contribution is 9.10. The van der Waals surface area contributed by atoms with Crippen molar-refractivity contribution in [3.05, 3.63) is 108 Å². The number of hydrogen-bond acceptors (Lipinski definition) is 6. The van der Waals surface area contributed by atoms with Gasteiger partial charge in [-0.05, 0) is 43.2 Å². The van der Waals surface area contributed by atoms with Gasteiger partial charge in [0.1, 0.15) is 18.2 Å². The lowest BCUT2D eigenvalue weighted by Crippen LogP contribution is -2.22. The van der Waals surface area contributed by atoms with E-state index in [1.807, 2.05) is 37.3 Å². The summed E-state index contributed by atoms with van der Waals surface area (Å²) in [6.45, 7) is 4.35. The molecule has 0 saturated heterocycles. The molecule has 0 unspecified atom stereocenters. The van der Waals surface area contributed by atoms with Crippen LogP contribution in [0.1, 0.15) is 42.3 Å². The van der Waals surface area contributed by atoms with Gasteiger partial charge in [0.2, 0.25) is 0 Å². The summed E-state index contributed by atoms with van der Waals surface area (Å²) in [7, 11) is 0. The Bertz CT molecular complexity index is 1500. The number of nitrogens with zero attached hydrogens (tertiary/aromatic N) is 4. The Labute approximate surface area is 216 Å². The van der Waals surface area contributed by atoms with Crippen LogP contribution in [0.5, 0.6) is 5.75 Å². The van der Waals surface area contributed by atoms with Gasteiger partial charge in [-0.3, -0.25) is 14.9 Å². The van der Waals surface area contributed by atoms with E-state index in [4.69, 9.17) is 4.74 Å². The fourth-order valence-electron chi connectivity index (χ4n) is 3.66. The number of aromatic nitrogens is 2. The van der Waals surface area contributed by atoms with Gasteiger partial charge in [0.05, 0.1) is 22.0 Å². The van der Waals surface area contributed by atoms with Crippen molar-refractivity contribution in [2.24, 2.45) is 5.10 Å². The fraction of sp³-hybridized carbons (Fsp3) is 0.222. The van der Waals surface area contributed by atoms with Gasteiger partial charge in [-0.1, -0.05) is 59.1 Å². The molecule has 3 aromatic carbocycles. The zero-order valence-corrected chi connectivity index (χ0v) is 21.6. The molecule has 0 atom stereocenters. The quantitative estimate of drug-likeness (QED) is 0.141. The molecule has 0 aliphatic heterocycles. The van der Waals surface area contributed by atoms with E-state index < -0.39 is 4.92 Å². The van der Waals surface area contributed by atoms with Gasteiger partial charge in [0.15, 0.2) is 0 Å². The summed E-state index contributed by atoms with van der Waals surface area (Å²) in [4.78, 5) is 28.9. The van der Waals surface area contributed by atoms with E-state index in [1.54, 1.807) is 18.2 Å². The second-order valence-corrected chi connectivity index (χ2v) is 9.32. The molecule has 0 fully saturated rings. The standard InChI is InChI=1S/C27H25BrN4O4/c1-3-4-5-26-30-24-12-10-21(28)15-23(24)27(33)31(26)29-16-20-14-22(32(34)35)11-13-25(20)36-17-19-8-6-18(2)7-9-19/h6-16H,3-5,17H2,1-2H3. The first-order valence-corrected chi connectivity index (χ1v) is 12.4. The summed E-state index contributed by atoms with van der Waals surface area (Å²) in [5, 5.41) is 16.3. The topological polar surface area (TPSA) is 99.6 Å². The minimum atomic E-state index is -0.477. The van der Waals surface area contributed by atoms with Crippen LogP contribution in [0.2, 0.25) is 0 Å². The number of unbranched alkanes of at least 4 members (excludes halogenated alkanes) is 1. The van der Waals surface area contributed by atoms with Crippen molar-refractivity contribution in [3.63, 3.8) is 0 Å². The molecule has 0 aliphatic rings. The SMILES string of the molecule is CCCCc1nc2ccc(Br)cc2c(=O)n1N=Cc1cc([N+](=O)[O-])ccc1OCc1ccc(C)cc1. The van der Waals surface area contributed by atoms with Gasteiger partial charge >= 0.3 is 0 Å². The van der Waals surface area contributed by atoms with Crippen LogP contribution in [-0.2, 0) is 13.0 Å². The molecule has 4 rings (SSSR count). The lowest BCUT2D eigenvalue weighted by atomic mass is 10.1. The van der Waals surface area contributed by atoms with E-state index in [0.29, 0.717) is 34.5 Å². The Morgan fingerprint density at radius 1 is 1.14 bits per heavy atom. The number of halogens is 1. The number of hydrogen-bond donors (Lipinski definition) is 0. The maximum Gasteiger partial charge on any atom is 0.282 e. The van der Waals surface area contributed by atoms with Crippen molar-refractivity contribution < 1.29 is 9.66 Å². The average molecular weight is 549 g/mol. The highest BCUT2D eigenvalue weighted by atomic mass is 79.9. The van der Waals surface area contributed by atoms with Crippen LogP contribution < -0.4 is 10.3 Å². The number of aryl methyl sites for hydroxylation is 2. The molecular formula is C27H25BrN4O4. The summed E-state index contributed by atoms with van der Waals surface area (Å²) in [5.74, 6) is 0.949. The Kier molecular flexibility index (Phi) is 7.90. The number of fused-ring (bicyclic) bond motifs is 1. The highest BCUT2D eigenvalue weighted by Crippen LogP contribution is 2.24. The summed E-state index contributed by atoms with van der Waals surface area (Å²) in [5.41, 5.74) is 2.68. The number of nitro groups is 1. The minimum absolute atomic E-state index is 0.0988. The lowest BCUT2D eigenvalue weighted by molar-refractivity contribution is -0.384. The average Bonchev–Trinajstić information content (AvgIpc) is 2.87. The Balaban J connectivity index is 1.75. The normalized spacial score (nSPS) is 11.3. The molecule has 0 aliphatic carbocycles. The van der Waals surface area contributed by atoms with Crippen LogP contribution in [-0.4, -0.2) is 20.8 Å². The van der Waals surface area contributed by atoms with Crippen LogP contribution in [0.15, 0.2) is 75.0 Å². The number of ether oxygens (including phenoxy) is 1. The molecule has 1 heterocycles. The predicted molar refractivity (Wildman–Crippen MR) is 144 cm³/mol. The minimum Gasteiger partial charge on any atom is -0.488 e. The molecule has 9 heteroatoms. The molecule has 0 radical (unpaired) electrons. The van der Waals surface area contributed by atoms with Crippen LogP contribution in [0.3, 0.4) is 0 Å². The van der Waals surface area contributed by atoms with Crippen molar-refractivity contribution in [1.29, 1.82) is 0 Å². The van der Waals surface area contributed by atoms with Gasteiger partial charge in [-0.2, -0.15) is 9.78 Å². The lowest BCUT2D eigenvalue weighted by Gasteiger charge is -2.11. The van der Waals surface area contributed by atoms with E-state index in [-0.39, 0.29) is 17.9 Å².